The summed E-state index contributed by atoms with van der Waals surface area (Å²) in [6.07, 6.45) is 2.32. The van der Waals surface area contributed by atoms with E-state index in [1.807, 2.05) is 6.07 Å². The van der Waals surface area contributed by atoms with E-state index in [2.05, 4.69) is 61.3 Å². The zero-order chi connectivity index (χ0) is 14.8. The monoisotopic (exact) mass is 279 g/mol. The molecule has 0 saturated heterocycles. The molecule has 0 N–H and O–H groups in total. The molecular weight excluding hydrogens is 258 g/mol. The third-order valence-electron chi connectivity index (χ3n) is 4.01. The van der Waals surface area contributed by atoms with Gasteiger partial charge in [-0.15, -0.1) is 0 Å². The second-order valence-corrected chi connectivity index (χ2v) is 5.70. The molecule has 0 spiro atoms. The van der Waals surface area contributed by atoms with Crippen LogP contribution in [-0.2, 0) is 6.54 Å². The fourth-order valence-corrected chi connectivity index (χ4v) is 2.81. The Balaban J connectivity index is 2.11. The van der Waals surface area contributed by atoms with Crippen molar-refractivity contribution in [3.05, 3.63) is 70.8 Å². The summed E-state index contributed by atoms with van der Waals surface area (Å²) in [4.78, 5) is 2.32. The molecule has 0 atom stereocenters. The number of methoxy groups -OCH3 is 1. The van der Waals surface area contributed by atoms with Crippen LogP contribution in [0.4, 0.5) is 0 Å². The summed E-state index contributed by atoms with van der Waals surface area (Å²) < 4.78 is 5.38. The molecule has 0 aliphatic carbocycles. The molecule has 2 heteroatoms. The van der Waals surface area contributed by atoms with E-state index in [1.165, 1.54) is 27.8 Å². The molecular formula is C19H21NO. The first-order valence-corrected chi connectivity index (χ1v) is 7.30. The van der Waals surface area contributed by atoms with Gasteiger partial charge in [-0.3, -0.25) is 4.90 Å². The normalized spacial score (nSPS) is 15.1. The van der Waals surface area contributed by atoms with Crippen LogP contribution in [0.1, 0.15) is 22.3 Å². The predicted octanol–water partition coefficient (Wildman–Crippen LogP) is 3.88. The molecule has 0 aromatic heterocycles. The van der Waals surface area contributed by atoms with Crippen molar-refractivity contribution in [1.29, 1.82) is 0 Å². The number of hydrogen-bond donors (Lipinski definition) is 0. The van der Waals surface area contributed by atoms with E-state index in [1.54, 1.807) is 7.11 Å². The van der Waals surface area contributed by atoms with E-state index in [-0.39, 0.29) is 0 Å². The summed E-state index contributed by atoms with van der Waals surface area (Å²) >= 11 is 0. The number of ether oxygens (including phenoxy) is 1. The average Bonchev–Trinajstić information content (AvgIpc) is 2.65. The Morgan fingerprint density at radius 1 is 1.05 bits per heavy atom. The molecule has 3 rings (SSSR count). The van der Waals surface area contributed by atoms with E-state index in [4.69, 9.17) is 4.74 Å². The van der Waals surface area contributed by atoms with Crippen LogP contribution < -0.4 is 4.74 Å². The molecule has 0 radical (unpaired) electrons. The number of rotatable bonds is 2. The zero-order valence-electron chi connectivity index (χ0n) is 12.9. The molecule has 1 aliphatic rings. The number of likely N-dealkylation sites (N-methyl/N-ethyl adjacent to an activating group) is 1. The maximum Gasteiger partial charge on any atom is 0.119 e. The molecule has 108 valence electrons. The Hall–Kier alpha value is -2.06. The van der Waals surface area contributed by atoms with Crippen molar-refractivity contribution in [3.8, 4) is 5.75 Å². The topological polar surface area (TPSA) is 12.5 Å². The highest BCUT2D eigenvalue weighted by atomic mass is 16.5. The van der Waals surface area contributed by atoms with Crippen molar-refractivity contribution in [3.63, 3.8) is 0 Å². The van der Waals surface area contributed by atoms with Crippen LogP contribution in [0.5, 0.6) is 5.75 Å². The van der Waals surface area contributed by atoms with E-state index >= 15 is 0 Å². The van der Waals surface area contributed by atoms with E-state index in [9.17, 15) is 0 Å². The van der Waals surface area contributed by atoms with E-state index in [0.29, 0.717) is 0 Å². The quantitative estimate of drug-likeness (QED) is 0.827. The van der Waals surface area contributed by atoms with E-state index < -0.39 is 0 Å². The molecule has 0 saturated carbocycles. The van der Waals surface area contributed by atoms with Crippen molar-refractivity contribution in [2.45, 2.75) is 13.5 Å². The largest absolute Gasteiger partial charge is 0.497 e. The van der Waals surface area contributed by atoms with Gasteiger partial charge < -0.3 is 4.74 Å². The van der Waals surface area contributed by atoms with Crippen LogP contribution in [-0.4, -0.2) is 25.6 Å². The molecule has 0 fully saturated rings. The summed E-state index contributed by atoms with van der Waals surface area (Å²) in [6, 6.07) is 15.1. The number of hydrogen-bond acceptors (Lipinski definition) is 2. The predicted molar refractivity (Wildman–Crippen MR) is 87.6 cm³/mol. The average molecular weight is 279 g/mol. The van der Waals surface area contributed by atoms with Crippen LogP contribution >= 0.6 is 0 Å². The van der Waals surface area contributed by atoms with Gasteiger partial charge in [-0.2, -0.15) is 0 Å². The van der Waals surface area contributed by atoms with Crippen molar-refractivity contribution in [2.24, 2.45) is 0 Å². The first-order chi connectivity index (χ1) is 10.2. The molecule has 2 aromatic carbocycles. The lowest BCUT2D eigenvalue weighted by molar-refractivity contribution is 0.363. The first-order valence-electron chi connectivity index (χ1n) is 7.30. The zero-order valence-corrected chi connectivity index (χ0v) is 12.9. The van der Waals surface area contributed by atoms with Gasteiger partial charge in [0, 0.05) is 13.1 Å². The standard InChI is InChI=1S/C19H21NO/c1-14-4-6-15(7-5-14)19-10-11-20(2)13-16-12-17(21-3)8-9-18(16)19/h4-10,12H,11,13H2,1-3H3. The molecule has 0 bridgehead atoms. The lowest BCUT2D eigenvalue weighted by atomic mass is 9.93. The minimum atomic E-state index is 0.923. The van der Waals surface area contributed by atoms with Gasteiger partial charge in [0.05, 0.1) is 7.11 Å². The lowest BCUT2D eigenvalue weighted by Gasteiger charge is -2.15. The molecule has 2 nitrogen and oxygen atoms in total. The van der Waals surface area contributed by atoms with Crippen molar-refractivity contribution >= 4 is 5.57 Å². The Labute approximate surface area is 126 Å². The Bertz CT molecular complexity index is 670. The SMILES string of the molecule is COc1ccc2c(c1)CN(C)CC=C2c1ccc(C)cc1. The second-order valence-electron chi connectivity index (χ2n) is 5.70. The Morgan fingerprint density at radius 2 is 1.81 bits per heavy atom. The van der Waals surface area contributed by atoms with Crippen LogP contribution in [0.25, 0.3) is 5.57 Å². The highest BCUT2D eigenvalue weighted by Gasteiger charge is 2.16. The number of benzene rings is 2. The molecule has 1 aliphatic heterocycles. The number of nitrogens with zero attached hydrogens (tertiary/aromatic N) is 1. The molecule has 0 amide bonds. The summed E-state index contributed by atoms with van der Waals surface area (Å²) in [5.41, 5.74) is 6.52. The summed E-state index contributed by atoms with van der Waals surface area (Å²) in [5.74, 6) is 0.923. The van der Waals surface area contributed by atoms with Crippen molar-refractivity contribution in [1.82, 2.24) is 4.90 Å². The van der Waals surface area contributed by atoms with Gasteiger partial charge >= 0.3 is 0 Å². The summed E-state index contributed by atoms with van der Waals surface area (Å²) in [7, 11) is 3.87. The van der Waals surface area contributed by atoms with Gasteiger partial charge in [0.25, 0.3) is 0 Å². The van der Waals surface area contributed by atoms with Crippen LogP contribution in [0.15, 0.2) is 48.5 Å². The maximum absolute atomic E-state index is 5.38. The minimum absolute atomic E-state index is 0.923. The highest BCUT2D eigenvalue weighted by Crippen LogP contribution is 2.31. The summed E-state index contributed by atoms with van der Waals surface area (Å²) in [5, 5.41) is 0. The first kappa shape index (κ1) is 13.9. The third kappa shape index (κ3) is 2.86. The van der Waals surface area contributed by atoms with E-state index in [0.717, 1.165) is 18.8 Å². The third-order valence-corrected chi connectivity index (χ3v) is 4.01. The Morgan fingerprint density at radius 3 is 2.52 bits per heavy atom. The number of fused-ring (bicyclic) bond motifs is 1. The van der Waals surface area contributed by atoms with Gasteiger partial charge in [0.2, 0.25) is 0 Å². The molecule has 2 aromatic rings. The van der Waals surface area contributed by atoms with Crippen LogP contribution in [0, 0.1) is 6.92 Å². The fourth-order valence-electron chi connectivity index (χ4n) is 2.81. The van der Waals surface area contributed by atoms with Gasteiger partial charge in [-0.1, -0.05) is 42.0 Å². The van der Waals surface area contributed by atoms with Crippen molar-refractivity contribution in [2.75, 3.05) is 20.7 Å². The van der Waals surface area contributed by atoms with Crippen LogP contribution in [0.3, 0.4) is 0 Å². The van der Waals surface area contributed by atoms with Crippen molar-refractivity contribution < 1.29 is 4.74 Å². The van der Waals surface area contributed by atoms with Gasteiger partial charge in [0.1, 0.15) is 5.75 Å². The molecule has 1 heterocycles. The summed E-state index contributed by atoms with van der Waals surface area (Å²) in [6.45, 7) is 4.02. The Kier molecular flexibility index (Phi) is 3.80. The molecule has 0 unspecified atom stereocenters. The van der Waals surface area contributed by atoms with Gasteiger partial charge in [-0.05, 0) is 48.4 Å². The lowest BCUT2D eigenvalue weighted by Crippen LogP contribution is -2.16. The fraction of sp³-hybridized carbons (Fsp3) is 0.263. The molecule has 21 heavy (non-hydrogen) atoms. The highest BCUT2D eigenvalue weighted by molar-refractivity contribution is 5.82. The van der Waals surface area contributed by atoms with Gasteiger partial charge in [0.15, 0.2) is 0 Å². The smallest absolute Gasteiger partial charge is 0.119 e. The minimum Gasteiger partial charge on any atom is -0.497 e. The van der Waals surface area contributed by atoms with Crippen LogP contribution in [0.2, 0.25) is 0 Å². The maximum atomic E-state index is 5.38. The second kappa shape index (κ2) is 5.74. The van der Waals surface area contributed by atoms with Gasteiger partial charge in [-0.25, -0.2) is 0 Å². The number of aryl methyl sites for hydroxylation is 1.